The van der Waals surface area contributed by atoms with Gasteiger partial charge < -0.3 is 10.0 Å². The van der Waals surface area contributed by atoms with Crippen molar-refractivity contribution < 1.29 is 23.1 Å². The van der Waals surface area contributed by atoms with Crippen LogP contribution >= 0.6 is 0 Å². The van der Waals surface area contributed by atoms with Crippen molar-refractivity contribution >= 4 is 21.9 Å². The van der Waals surface area contributed by atoms with Crippen LogP contribution < -0.4 is 4.72 Å². The highest BCUT2D eigenvalue weighted by Crippen LogP contribution is 2.38. The molecule has 0 bridgehead atoms. The molecule has 0 aromatic heterocycles. The average Bonchev–Trinajstić information content (AvgIpc) is 3.06. The van der Waals surface area contributed by atoms with Gasteiger partial charge in [-0.3, -0.25) is 9.59 Å². The predicted molar refractivity (Wildman–Crippen MR) is 102 cm³/mol. The normalized spacial score (nSPS) is 20.4. The van der Waals surface area contributed by atoms with Crippen LogP contribution in [0.3, 0.4) is 0 Å². The van der Waals surface area contributed by atoms with Crippen molar-refractivity contribution in [3.63, 3.8) is 0 Å². The number of rotatable bonds is 7. The van der Waals surface area contributed by atoms with E-state index in [1.54, 1.807) is 0 Å². The van der Waals surface area contributed by atoms with Crippen molar-refractivity contribution in [2.45, 2.75) is 39.0 Å². The topological polar surface area (TPSA) is 104 Å². The number of carboxylic acid groups (broad SMARTS) is 1. The van der Waals surface area contributed by atoms with Crippen LogP contribution in [0.1, 0.15) is 44.5 Å². The molecule has 1 saturated heterocycles. The smallest absolute Gasteiger partial charge is 0.311 e. The first kappa shape index (κ1) is 21.4. The Labute approximate surface area is 160 Å². The zero-order chi connectivity index (χ0) is 20.4. The lowest BCUT2D eigenvalue weighted by Gasteiger charge is -2.28. The van der Waals surface area contributed by atoms with E-state index >= 15 is 0 Å². The van der Waals surface area contributed by atoms with Gasteiger partial charge in [0.15, 0.2) is 0 Å². The largest absolute Gasteiger partial charge is 0.481 e. The van der Waals surface area contributed by atoms with E-state index in [2.05, 4.69) is 4.72 Å². The van der Waals surface area contributed by atoms with E-state index in [0.29, 0.717) is 25.1 Å². The summed E-state index contributed by atoms with van der Waals surface area (Å²) in [5.74, 6) is -1.07. The Kier molecular flexibility index (Phi) is 6.32. The van der Waals surface area contributed by atoms with E-state index in [9.17, 15) is 23.1 Å². The molecule has 8 heteroatoms. The van der Waals surface area contributed by atoms with Gasteiger partial charge in [-0.2, -0.15) is 0 Å². The van der Waals surface area contributed by atoms with E-state index in [4.69, 9.17) is 0 Å². The standard InChI is InChI=1S/C19H28N2O5S/c1-13(2)11-20-27(25,26)16-7-5-15(6-8-16)17(22)21-10-9-19(12-21,14(3)4)18(23)24/h5-8,13-14,20H,9-12H2,1-4H3,(H,23,24). The molecule has 0 radical (unpaired) electrons. The molecule has 2 N–H and O–H groups in total. The molecule has 2 rings (SSSR count). The molecular weight excluding hydrogens is 368 g/mol. The zero-order valence-electron chi connectivity index (χ0n) is 16.2. The molecule has 1 atom stereocenters. The number of nitrogens with zero attached hydrogens (tertiary/aromatic N) is 1. The second kappa shape index (κ2) is 7.98. The fraction of sp³-hybridized carbons (Fsp3) is 0.579. The van der Waals surface area contributed by atoms with Crippen LogP contribution in [-0.2, 0) is 14.8 Å². The SMILES string of the molecule is CC(C)CNS(=O)(=O)c1ccc(C(=O)N2CCC(C(=O)O)(C(C)C)C2)cc1. The second-order valence-corrected chi connectivity index (χ2v) is 9.63. The Balaban J connectivity index is 2.14. The summed E-state index contributed by atoms with van der Waals surface area (Å²) in [7, 11) is -3.61. The Morgan fingerprint density at radius 1 is 1.19 bits per heavy atom. The zero-order valence-corrected chi connectivity index (χ0v) is 17.0. The first-order chi connectivity index (χ1) is 12.5. The number of nitrogens with one attached hydrogen (secondary N) is 1. The first-order valence-electron chi connectivity index (χ1n) is 9.12. The lowest BCUT2D eigenvalue weighted by atomic mass is 9.76. The molecule has 150 valence electrons. The van der Waals surface area contributed by atoms with Gasteiger partial charge in [0.2, 0.25) is 10.0 Å². The van der Waals surface area contributed by atoms with Gasteiger partial charge in [0.1, 0.15) is 0 Å². The molecule has 27 heavy (non-hydrogen) atoms. The molecule has 1 amide bonds. The maximum atomic E-state index is 12.7. The van der Waals surface area contributed by atoms with Crippen LogP contribution in [0.4, 0.5) is 0 Å². The highest BCUT2D eigenvalue weighted by Gasteiger charge is 2.48. The van der Waals surface area contributed by atoms with E-state index < -0.39 is 21.4 Å². The number of amides is 1. The Morgan fingerprint density at radius 3 is 2.22 bits per heavy atom. The fourth-order valence-electron chi connectivity index (χ4n) is 3.22. The van der Waals surface area contributed by atoms with Crippen LogP contribution in [0.15, 0.2) is 29.2 Å². The number of carbonyl (C=O) groups is 2. The first-order valence-corrected chi connectivity index (χ1v) is 10.6. The number of likely N-dealkylation sites (tertiary alicyclic amines) is 1. The summed E-state index contributed by atoms with van der Waals surface area (Å²) in [6, 6.07) is 5.75. The summed E-state index contributed by atoms with van der Waals surface area (Å²) in [5, 5.41) is 9.61. The summed E-state index contributed by atoms with van der Waals surface area (Å²) in [6.07, 6.45) is 0.414. The molecule has 1 aromatic rings. The van der Waals surface area contributed by atoms with Gasteiger partial charge in [-0.25, -0.2) is 13.1 Å². The van der Waals surface area contributed by atoms with Gasteiger partial charge in [0.25, 0.3) is 5.91 Å². The number of hydrogen-bond donors (Lipinski definition) is 2. The number of aliphatic carboxylic acids is 1. The Bertz CT molecular complexity index is 802. The maximum absolute atomic E-state index is 12.7. The molecule has 1 aromatic carbocycles. The third-order valence-corrected chi connectivity index (χ3v) is 6.65. The summed E-state index contributed by atoms with van der Waals surface area (Å²) >= 11 is 0. The highest BCUT2D eigenvalue weighted by molar-refractivity contribution is 7.89. The van der Waals surface area contributed by atoms with Crippen molar-refractivity contribution in [2.24, 2.45) is 17.3 Å². The molecule has 1 fully saturated rings. The lowest BCUT2D eigenvalue weighted by molar-refractivity contribution is -0.150. The van der Waals surface area contributed by atoms with Crippen molar-refractivity contribution in [1.82, 2.24) is 9.62 Å². The number of sulfonamides is 1. The summed E-state index contributed by atoms with van der Waals surface area (Å²) in [6.45, 7) is 8.40. The Morgan fingerprint density at radius 2 is 1.78 bits per heavy atom. The minimum Gasteiger partial charge on any atom is -0.481 e. The Hall–Kier alpha value is -1.93. The molecule has 1 heterocycles. The van der Waals surface area contributed by atoms with Crippen LogP contribution in [0.5, 0.6) is 0 Å². The van der Waals surface area contributed by atoms with Gasteiger partial charge in [-0.05, 0) is 42.5 Å². The van der Waals surface area contributed by atoms with Gasteiger partial charge in [0.05, 0.1) is 10.3 Å². The molecular formula is C19H28N2O5S. The van der Waals surface area contributed by atoms with Gasteiger partial charge in [-0.1, -0.05) is 27.7 Å². The van der Waals surface area contributed by atoms with E-state index in [0.717, 1.165) is 0 Å². The molecule has 0 saturated carbocycles. The van der Waals surface area contributed by atoms with Crippen LogP contribution in [0, 0.1) is 17.3 Å². The molecule has 0 aliphatic carbocycles. The van der Waals surface area contributed by atoms with Crippen LogP contribution in [-0.4, -0.2) is 49.9 Å². The molecule has 1 aliphatic rings. The van der Waals surface area contributed by atoms with Crippen LogP contribution in [0.2, 0.25) is 0 Å². The second-order valence-electron chi connectivity index (χ2n) is 7.86. The lowest BCUT2D eigenvalue weighted by Crippen LogP contribution is -2.40. The van der Waals surface area contributed by atoms with E-state index in [1.165, 1.54) is 29.2 Å². The van der Waals surface area contributed by atoms with E-state index in [1.807, 2.05) is 27.7 Å². The number of benzene rings is 1. The fourth-order valence-corrected chi connectivity index (χ4v) is 4.43. The average molecular weight is 397 g/mol. The molecule has 1 aliphatic heterocycles. The molecule has 0 spiro atoms. The number of hydrogen-bond acceptors (Lipinski definition) is 4. The highest BCUT2D eigenvalue weighted by atomic mass is 32.2. The molecule has 7 nitrogen and oxygen atoms in total. The van der Waals surface area contributed by atoms with Gasteiger partial charge in [0, 0.05) is 25.2 Å². The summed E-state index contributed by atoms with van der Waals surface area (Å²) in [4.78, 5) is 26.1. The monoisotopic (exact) mass is 396 g/mol. The number of carbonyl (C=O) groups excluding carboxylic acids is 1. The predicted octanol–water partition coefficient (Wildman–Crippen LogP) is 2.19. The number of carboxylic acids is 1. The minimum atomic E-state index is -3.61. The third-order valence-electron chi connectivity index (χ3n) is 5.21. The minimum absolute atomic E-state index is 0.0904. The quantitative estimate of drug-likeness (QED) is 0.735. The molecule has 1 unspecified atom stereocenters. The van der Waals surface area contributed by atoms with Gasteiger partial charge >= 0.3 is 5.97 Å². The summed E-state index contributed by atoms with van der Waals surface area (Å²) < 4.78 is 27.0. The van der Waals surface area contributed by atoms with Crippen molar-refractivity contribution in [3.8, 4) is 0 Å². The summed E-state index contributed by atoms with van der Waals surface area (Å²) in [5.41, 5.74) is -0.581. The van der Waals surface area contributed by atoms with Gasteiger partial charge in [-0.15, -0.1) is 0 Å². The third kappa shape index (κ3) is 4.50. The van der Waals surface area contributed by atoms with Crippen molar-refractivity contribution in [1.29, 1.82) is 0 Å². The van der Waals surface area contributed by atoms with Crippen molar-refractivity contribution in [2.75, 3.05) is 19.6 Å². The van der Waals surface area contributed by atoms with Crippen LogP contribution in [0.25, 0.3) is 0 Å². The van der Waals surface area contributed by atoms with E-state index in [-0.39, 0.29) is 29.2 Å². The van der Waals surface area contributed by atoms with Crippen molar-refractivity contribution in [3.05, 3.63) is 29.8 Å². The maximum Gasteiger partial charge on any atom is 0.311 e.